The lowest BCUT2D eigenvalue weighted by Crippen LogP contribution is -2.29. The minimum absolute atomic E-state index is 0.0298. The molecule has 3 N–H and O–H groups in total. The van der Waals surface area contributed by atoms with E-state index in [2.05, 4.69) is 53.1 Å². The van der Waals surface area contributed by atoms with Gasteiger partial charge in [-0.1, -0.05) is 49.0 Å². The predicted molar refractivity (Wildman–Crippen MR) is 86.2 cm³/mol. The van der Waals surface area contributed by atoms with Crippen LogP contribution >= 0.6 is 11.5 Å². The zero-order valence-corrected chi connectivity index (χ0v) is 13.4. The molecule has 1 unspecified atom stereocenters. The third kappa shape index (κ3) is 2.86. The minimum Gasteiger partial charge on any atom is -0.271 e. The zero-order valence-electron chi connectivity index (χ0n) is 12.5. The molecule has 1 saturated carbocycles. The summed E-state index contributed by atoms with van der Waals surface area (Å²) in [6, 6.07) is 8.82. The monoisotopic (exact) mass is 302 g/mol. The number of nitrogens with two attached hydrogens (primary N) is 1. The van der Waals surface area contributed by atoms with E-state index in [1.807, 2.05) is 0 Å². The summed E-state index contributed by atoms with van der Waals surface area (Å²) in [6.07, 6.45) is 4.02. The Morgan fingerprint density at radius 2 is 1.95 bits per heavy atom. The van der Waals surface area contributed by atoms with Gasteiger partial charge in [-0.25, -0.2) is 5.43 Å². The minimum atomic E-state index is -0.0298. The van der Waals surface area contributed by atoms with Crippen molar-refractivity contribution in [2.24, 2.45) is 5.84 Å². The second kappa shape index (κ2) is 6.22. The Hall–Kier alpha value is -1.30. The SMILES string of the molecule is CC(C)c1nnsc1C(NN)c1ccc(C2CCC2)cc1. The van der Waals surface area contributed by atoms with Crippen molar-refractivity contribution in [2.45, 2.75) is 51.0 Å². The van der Waals surface area contributed by atoms with E-state index in [1.54, 1.807) is 0 Å². The summed E-state index contributed by atoms with van der Waals surface area (Å²) in [5.41, 5.74) is 6.58. The van der Waals surface area contributed by atoms with Gasteiger partial charge in [0.15, 0.2) is 0 Å². The van der Waals surface area contributed by atoms with E-state index in [9.17, 15) is 0 Å². The molecule has 1 aliphatic rings. The third-order valence-corrected chi connectivity index (χ3v) is 5.17. The Labute approximate surface area is 129 Å². The number of hydrazine groups is 1. The van der Waals surface area contributed by atoms with E-state index >= 15 is 0 Å². The molecule has 5 heteroatoms. The third-order valence-electron chi connectivity index (χ3n) is 4.36. The van der Waals surface area contributed by atoms with E-state index in [1.165, 1.54) is 41.9 Å². The van der Waals surface area contributed by atoms with Crippen LogP contribution in [0, 0.1) is 0 Å². The molecule has 21 heavy (non-hydrogen) atoms. The maximum atomic E-state index is 5.80. The number of hydrogen-bond acceptors (Lipinski definition) is 5. The summed E-state index contributed by atoms with van der Waals surface area (Å²) in [4.78, 5) is 1.11. The first-order valence-corrected chi connectivity index (χ1v) is 8.36. The highest BCUT2D eigenvalue weighted by atomic mass is 32.1. The predicted octanol–water partition coefficient (Wildman–Crippen LogP) is 3.48. The molecule has 112 valence electrons. The van der Waals surface area contributed by atoms with Crippen molar-refractivity contribution in [3.8, 4) is 0 Å². The topological polar surface area (TPSA) is 63.8 Å². The fourth-order valence-corrected chi connectivity index (χ4v) is 3.73. The summed E-state index contributed by atoms with van der Waals surface area (Å²) in [5, 5.41) is 4.25. The van der Waals surface area contributed by atoms with Gasteiger partial charge in [0, 0.05) is 0 Å². The van der Waals surface area contributed by atoms with Crippen molar-refractivity contribution >= 4 is 11.5 Å². The number of benzene rings is 1. The molecule has 0 radical (unpaired) electrons. The van der Waals surface area contributed by atoms with Crippen molar-refractivity contribution in [3.63, 3.8) is 0 Å². The highest BCUT2D eigenvalue weighted by Gasteiger charge is 2.23. The van der Waals surface area contributed by atoms with Gasteiger partial charge in [-0.05, 0) is 47.3 Å². The summed E-state index contributed by atoms with van der Waals surface area (Å²) in [5.74, 6) is 6.92. The number of hydrogen-bond donors (Lipinski definition) is 2. The van der Waals surface area contributed by atoms with Crippen LogP contribution in [0.15, 0.2) is 24.3 Å². The van der Waals surface area contributed by atoms with E-state index in [0.717, 1.165) is 16.5 Å². The van der Waals surface area contributed by atoms with Gasteiger partial charge in [-0.3, -0.25) is 5.84 Å². The molecule has 1 aliphatic carbocycles. The summed E-state index contributed by atoms with van der Waals surface area (Å²) >= 11 is 1.43. The van der Waals surface area contributed by atoms with Crippen molar-refractivity contribution in [3.05, 3.63) is 46.0 Å². The fraction of sp³-hybridized carbons (Fsp3) is 0.500. The van der Waals surface area contributed by atoms with E-state index in [-0.39, 0.29) is 6.04 Å². The Balaban J connectivity index is 1.87. The second-order valence-corrected chi connectivity index (χ2v) is 6.86. The number of nitrogens with one attached hydrogen (secondary N) is 1. The highest BCUT2D eigenvalue weighted by Crippen LogP contribution is 2.37. The Kier molecular flexibility index (Phi) is 4.33. The molecule has 1 aromatic heterocycles. The molecule has 1 atom stereocenters. The highest BCUT2D eigenvalue weighted by molar-refractivity contribution is 7.05. The average molecular weight is 302 g/mol. The summed E-state index contributed by atoms with van der Waals surface area (Å²) < 4.78 is 4.10. The van der Waals surface area contributed by atoms with Crippen molar-refractivity contribution in [1.29, 1.82) is 0 Å². The van der Waals surface area contributed by atoms with Gasteiger partial charge >= 0.3 is 0 Å². The van der Waals surface area contributed by atoms with E-state index < -0.39 is 0 Å². The summed E-state index contributed by atoms with van der Waals surface area (Å²) in [7, 11) is 0. The average Bonchev–Trinajstić information content (AvgIpc) is 2.89. The normalized spacial score (nSPS) is 17.0. The van der Waals surface area contributed by atoms with Crippen molar-refractivity contribution in [1.82, 2.24) is 15.0 Å². The first-order chi connectivity index (χ1) is 10.2. The summed E-state index contributed by atoms with van der Waals surface area (Å²) in [6.45, 7) is 4.26. The van der Waals surface area contributed by atoms with Gasteiger partial charge in [0.2, 0.25) is 0 Å². The first-order valence-electron chi connectivity index (χ1n) is 7.58. The molecule has 4 nitrogen and oxygen atoms in total. The van der Waals surface area contributed by atoms with Gasteiger partial charge in [-0.15, -0.1) is 5.10 Å². The van der Waals surface area contributed by atoms with Crippen LogP contribution in [0.4, 0.5) is 0 Å². The maximum Gasteiger partial charge on any atom is 0.0837 e. The molecule has 1 fully saturated rings. The molecule has 1 heterocycles. The standard InChI is InChI=1S/C16H22N4S/c1-10(2)14-16(21-20-19-14)15(18-17)13-8-6-12(7-9-13)11-4-3-5-11/h6-11,15,18H,3-5,17H2,1-2H3. The molecule has 3 rings (SSSR count). The molecular formula is C16H22N4S. The van der Waals surface area contributed by atoms with Crippen LogP contribution in [-0.2, 0) is 0 Å². The maximum absolute atomic E-state index is 5.80. The number of nitrogens with zero attached hydrogens (tertiary/aromatic N) is 2. The van der Waals surface area contributed by atoms with Crippen molar-refractivity contribution in [2.75, 3.05) is 0 Å². The van der Waals surface area contributed by atoms with Crippen LogP contribution < -0.4 is 11.3 Å². The zero-order chi connectivity index (χ0) is 14.8. The van der Waals surface area contributed by atoms with Crippen LogP contribution in [0.1, 0.15) is 72.7 Å². The van der Waals surface area contributed by atoms with Gasteiger partial charge in [0.25, 0.3) is 0 Å². The molecule has 2 aromatic rings. The Bertz CT molecular complexity index is 587. The molecule has 0 bridgehead atoms. The van der Waals surface area contributed by atoms with Gasteiger partial charge < -0.3 is 0 Å². The molecule has 0 spiro atoms. The van der Waals surface area contributed by atoms with Gasteiger partial charge in [-0.2, -0.15) is 0 Å². The second-order valence-electron chi connectivity index (χ2n) is 6.07. The number of aromatic nitrogens is 2. The van der Waals surface area contributed by atoms with E-state index in [4.69, 9.17) is 5.84 Å². The van der Waals surface area contributed by atoms with Crippen LogP contribution in [0.3, 0.4) is 0 Å². The Morgan fingerprint density at radius 1 is 1.24 bits per heavy atom. The van der Waals surface area contributed by atoms with Crippen LogP contribution in [-0.4, -0.2) is 9.59 Å². The van der Waals surface area contributed by atoms with Crippen molar-refractivity contribution < 1.29 is 0 Å². The lowest BCUT2D eigenvalue weighted by Gasteiger charge is -2.26. The van der Waals surface area contributed by atoms with Crippen LogP contribution in [0.2, 0.25) is 0 Å². The van der Waals surface area contributed by atoms with E-state index in [0.29, 0.717) is 5.92 Å². The lowest BCUT2D eigenvalue weighted by atomic mass is 9.80. The lowest BCUT2D eigenvalue weighted by molar-refractivity contribution is 0.419. The molecule has 1 aromatic carbocycles. The fourth-order valence-electron chi connectivity index (χ4n) is 2.83. The van der Waals surface area contributed by atoms with Crippen LogP contribution in [0.5, 0.6) is 0 Å². The first kappa shape index (κ1) is 14.6. The molecule has 0 saturated heterocycles. The van der Waals surface area contributed by atoms with Gasteiger partial charge in [0.05, 0.1) is 16.6 Å². The number of rotatable bonds is 5. The van der Waals surface area contributed by atoms with Crippen LogP contribution in [0.25, 0.3) is 0 Å². The quantitative estimate of drug-likeness (QED) is 0.655. The molecular weight excluding hydrogens is 280 g/mol. The Morgan fingerprint density at radius 3 is 2.48 bits per heavy atom. The largest absolute Gasteiger partial charge is 0.271 e. The smallest absolute Gasteiger partial charge is 0.0837 e. The van der Waals surface area contributed by atoms with Gasteiger partial charge in [0.1, 0.15) is 0 Å². The molecule has 0 aliphatic heterocycles. The molecule has 0 amide bonds.